The molecule has 3 aliphatic rings. The van der Waals surface area contributed by atoms with Crippen molar-refractivity contribution < 1.29 is 24.4 Å². The number of amides is 2. The van der Waals surface area contributed by atoms with Gasteiger partial charge in [0.1, 0.15) is 5.75 Å². The predicted molar refractivity (Wildman–Crippen MR) is 186 cm³/mol. The highest BCUT2D eigenvalue weighted by atomic mass is 16.5. The van der Waals surface area contributed by atoms with Crippen LogP contribution in [-0.4, -0.2) is 35.2 Å². The topological polar surface area (TPSA) is 99.1 Å². The Bertz CT molecular complexity index is 1820. The molecule has 2 amide bonds. The number of nitrogens with zero attached hydrogens (tertiary/aromatic N) is 1. The smallest absolute Gasteiger partial charge is 0.455 e. The molecule has 0 bridgehead atoms. The molecule has 4 aromatic rings. The zero-order valence-electron chi connectivity index (χ0n) is 26.3. The van der Waals surface area contributed by atoms with Crippen molar-refractivity contribution in [2.24, 2.45) is 17.8 Å². The van der Waals surface area contributed by atoms with E-state index in [0.717, 1.165) is 39.2 Å². The van der Waals surface area contributed by atoms with Crippen molar-refractivity contribution in [2.45, 2.75) is 38.6 Å². The number of anilines is 3. The molecule has 0 aromatic heterocycles. The zero-order valence-corrected chi connectivity index (χ0v) is 26.3. The maximum absolute atomic E-state index is 14.1. The number of fused-ring (bicyclic) bond motifs is 3. The number of rotatable bonds is 8. The number of carbonyl (C=O) groups is 2. The Hall–Kier alpha value is -4.92. The van der Waals surface area contributed by atoms with Gasteiger partial charge in [0.15, 0.2) is 0 Å². The number of phenols is 1. The average Bonchev–Trinajstić information content (AvgIpc) is 3.33. The van der Waals surface area contributed by atoms with Crippen molar-refractivity contribution in [3.05, 3.63) is 131 Å². The molecule has 7 nitrogen and oxygen atoms in total. The Morgan fingerprint density at radius 2 is 1.53 bits per heavy atom. The molecule has 2 aliphatic heterocycles. The number of carbonyl (C=O) groups excluding carboxylic acids is 2. The third-order valence-electron chi connectivity index (χ3n) is 9.69. The van der Waals surface area contributed by atoms with E-state index >= 15 is 0 Å². The Labute approximate surface area is 275 Å². The van der Waals surface area contributed by atoms with Gasteiger partial charge in [-0.1, -0.05) is 72.3 Å². The first-order chi connectivity index (χ1) is 22.9. The lowest BCUT2D eigenvalue weighted by atomic mass is 9.58. The van der Waals surface area contributed by atoms with Crippen LogP contribution in [0, 0.1) is 17.8 Å². The summed E-state index contributed by atoms with van der Waals surface area (Å²) in [4.78, 5) is 29.3. The van der Waals surface area contributed by atoms with E-state index in [1.807, 2.05) is 91.9 Å². The minimum atomic E-state index is -1.03. The highest BCUT2D eigenvalue weighted by Gasteiger charge is 2.57. The van der Waals surface area contributed by atoms with Crippen LogP contribution in [0.25, 0.3) is 11.6 Å². The van der Waals surface area contributed by atoms with Crippen LogP contribution in [0.1, 0.15) is 37.3 Å². The number of phenolic OH excluding ortho intramolecular Hbond substituents is 1. The fourth-order valence-electron chi connectivity index (χ4n) is 7.57. The van der Waals surface area contributed by atoms with Gasteiger partial charge in [0.2, 0.25) is 11.8 Å². The monoisotopic (exact) mass is 624 g/mol. The van der Waals surface area contributed by atoms with Gasteiger partial charge in [0, 0.05) is 11.4 Å². The van der Waals surface area contributed by atoms with Gasteiger partial charge in [-0.05, 0) is 109 Å². The van der Waals surface area contributed by atoms with Crippen LogP contribution in [0.15, 0.2) is 120 Å². The largest absolute Gasteiger partial charge is 0.508 e. The quantitative estimate of drug-likeness (QED) is 0.0814. The molecule has 236 valence electrons. The van der Waals surface area contributed by atoms with E-state index in [2.05, 4.69) is 23.5 Å². The zero-order chi connectivity index (χ0) is 32.5. The van der Waals surface area contributed by atoms with E-state index in [1.165, 1.54) is 4.90 Å². The molecule has 2 saturated heterocycles. The first-order valence-corrected chi connectivity index (χ1v) is 16.2. The van der Waals surface area contributed by atoms with Crippen LogP contribution in [0.3, 0.4) is 0 Å². The molecule has 7 rings (SSSR count). The van der Waals surface area contributed by atoms with E-state index in [-0.39, 0.29) is 35.9 Å². The Kier molecular flexibility index (Phi) is 8.54. The number of hydrogen-bond donors (Lipinski definition) is 3. The first-order valence-electron chi connectivity index (χ1n) is 16.2. The summed E-state index contributed by atoms with van der Waals surface area (Å²) in [7, 11) is -1.03. The highest BCUT2D eigenvalue weighted by molar-refractivity contribution is 6.43. The van der Waals surface area contributed by atoms with E-state index in [1.54, 1.807) is 12.1 Å². The van der Waals surface area contributed by atoms with Crippen LogP contribution < -0.4 is 10.2 Å². The molecule has 8 heteroatoms. The van der Waals surface area contributed by atoms with Gasteiger partial charge in [-0.25, -0.2) is 0 Å². The molecule has 3 N–H and O–H groups in total. The second-order valence-corrected chi connectivity index (χ2v) is 12.7. The summed E-state index contributed by atoms with van der Waals surface area (Å²) >= 11 is 0. The number of benzene rings is 4. The summed E-state index contributed by atoms with van der Waals surface area (Å²) < 4.78 is 6.18. The molecule has 0 spiro atoms. The second-order valence-electron chi connectivity index (χ2n) is 12.7. The SMILES string of the molecule is CC1=C2[C@@H](CC/C(=C/c3ccc(O)cc3)c3ccccc3)OB(O)C[C@@H]2[C@@H]2C(=O)N(c3ccc(Nc4ccccc4)cc3)C(=O)[C@@H]2C1. The van der Waals surface area contributed by atoms with Crippen molar-refractivity contribution in [3.8, 4) is 5.75 Å². The first kappa shape index (κ1) is 30.7. The molecular formula is C39H37BN2O5. The number of imide groups is 1. The summed E-state index contributed by atoms with van der Waals surface area (Å²) in [5.41, 5.74) is 7.66. The second kappa shape index (κ2) is 13.1. The molecule has 4 atom stereocenters. The lowest BCUT2D eigenvalue weighted by Crippen LogP contribution is -2.46. The number of para-hydroxylation sites is 1. The molecular weight excluding hydrogens is 587 g/mol. The lowest BCUT2D eigenvalue weighted by Gasteiger charge is -2.42. The van der Waals surface area contributed by atoms with Gasteiger partial charge in [0.05, 0.1) is 23.6 Å². The Balaban J connectivity index is 1.12. The van der Waals surface area contributed by atoms with E-state index < -0.39 is 19.0 Å². The molecule has 1 aliphatic carbocycles. The summed E-state index contributed by atoms with van der Waals surface area (Å²) in [6.07, 6.45) is 3.79. The van der Waals surface area contributed by atoms with Crippen molar-refractivity contribution in [3.63, 3.8) is 0 Å². The number of nitrogens with one attached hydrogen (secondary N) is 1. The summed E-state index contributed by atoms with van der Waals surface area (Å²) in [5.74, 6) is -1.44. The highest BCUT2D eigenvalue weighted by Crippen LogP contribution is 2.51. The number of allylic oxidation sites excluding steroid dienone is 2. The molecule has 47 heavy (non-hydrogen) atoms. The fraction of sp³-hybridized carbons (Fsp3) is 0.231. The Morgan fingerprint density at radius 1 is 0.872 bits per heavy atom. The lowest BCUT2D eigenvalue weighted by molar-refractivity contribution is -0.122. The van der Waals surface area contributed by atoms with Crippen LogP contribution in [-0.2, 0) is 14.2 Å². The molecule has 0 radical (unpaired) electrons. The third-order valence-corrected chi connectivity index (χ3v) is 9.69. The van der Waals surface area contributed by atoms with E-state index in [0.29, 0.717) is 24.9 Å². The third kappa shape index (κ3) is 6.27. The van der Waals surface area contributed by atoms with E-state index in [4.69, 9.17) is 4.65 Å². The molecule has 4 aromatic carbocycles. The van der Waals surface area contributed by atoms with Crippen molar-refractivity contribution in [1.82, 2.24) is 0 Å². The van der Waals surface area contributed by atoms with Crippen LogP contribution in [0.2, 0.25) is 6.32 Å². The van der Waals surface area contributed by atoms with Gasteiger partial charge in [0.25, 0.3) is 0 Å². The van der Waals surface area contributed by atoms with Gasteiger partial charge < -0.3 is 20.1 Å². The molecule has 0 saturated carbocycles. The molecule has 2 fully saturated rings. The fourth-order valence-corrected chi connectivity index (χ4v) is 7.57. The predicted octanol–water partition coefficient (Wildman–Crippen LogP) is 7.48. The van der Waals surface area contributed by atoms with Gasteiger partial charge in [-0.3, -0.25) is 14.5 Å². The summed E-state index contributed by atoms with van der Waals surface area (Å²) in [6, 6.07) is 34.5. The summed E-state index contributed by atoms with van der Waals surface area (Å²) in [5, 5.41) is 24.1. The maximum Gasteiger partial charge on any atom is 0.455 e. The number of hydrogen-bond acceptors (Lipinski definition) is 6. The minimum absolute atomic E-state index is 0.178. The maximum atomic E-state index is 14.1. The van der Waals surface area contributed by atoms with E-state index in [9.17, 15) is 19.7 Å². The number of aromatic hydroxyl groups is 1. The summed E-state index contributed by atoms with van der Waals surface area (Å²) in [6.45, 7) is 2.04. The van der Waals surface area contributed by atoms with Crippen molar-refractivity contribution in [1.29, 1.82) is 0 Å². The van der Waals surface area contributed by atoms with Gasteiger partial charge in [-0.2, -0.15) is 0 Å². The van der Waals surface area contributed by atoms with Crippen molar-refractivity contribution >= 4 is 47.6 Å². The van der Waals surface area contributed by atoms with Crippen LogP contribution >= 0.6 is 0 Å². The van der Waals surface area contributed by atoms with Crippen LogP contribution in [0.4, 0.5) is 17.1 Å². The standard InChI is InChI=1S/C39H37BN2O5/c1-25-22-33-37(39(45)42(38(33)44)31-17-15-30(16-18-31)41-29-10-6-3-7-11-29)34-24-40(46)47-35(36(25)34)21-14-28(27-8-4-2-5-9-27)23-26-12-19-32(43)20-13-26/h2-13,15-20,23,33-35,37,41,43,46H,14,21-22,24H2,1H3/b28-23-/t33-,34+,35-,37-/m1/s1. The molecule has 0 unspecified atom stereocenters. The molecule has 2 heterocycles. The van der Waals surface area contributed by atoms with Crippen molar-refractivity contribution in [2.75, 3.05) is 10.2 Å². The normalized spacial score (nSPS) is 22.7. The van der Waals surface area contributed by atoms with Crippen LogP contribution in [0.5, 0.6) is 5.75 Å². The van der Waals surface area contributed by atoms with Gasteiger partial charge in [-0.15, -0.1) is 0 Å². The Morgan fingerprint density at radius 3 is 2.23 bits per heavy atom. The average molecular weight is 625 g/mol. The minimum Gasteiger partial charge on any atom is -0.508 e. The van der Waals surface area contributed by atoms with Gasteiger partial charge >= 0.3 is 7.12 Å².